The molecule has 3 heterocycles. The average Bonchev–Trinajstić information content (AvgIpc) is 3.47. The van der Waals surface area contributed by atoms with Crippen molar-refractivity contribution in [3.05, 3.63) is 51.8 Å². The molecular formula is C23H27FN6O2. The van der Waals surface area contributed by atoms with Gasteiger partial charge < -0.3 is 9.88 Å². The highest BCUT2D eigenvalue weighted by atomic mass is 19.1. The van der Waals surface area contributed by atoms with E-state index in [1.54, 1.807) is 10.7 Å². The van der Waals surface area contributed by atoms with E-state index < -0.39 is 5.41 Å². The quantitative estimate of drug-likeness (QED) is 0.676. The number of likely N-dealkylation sites (tertiary alicyclic amines) is 1. The van der Waals surface area contributed by atoms with Gasteiger partial charge in [0.05, 0.1) is 11.5 Å². The summed E-state index contributed by atoms with van der Waals surface area (Å²) in [5.41, 5.74) is 0.495. The van der Waals surface area contributed by atoms with Crippen LogP contribution in [0.25, 0.3) is 11.2 Å². The summed E-state index contributed by atoms with van der Waals surface area (Å²) in [6, 6.07) is 6.39. The molecule has 1 atom stereocenters. The standard InChI is InChI=1S/C23H27FN6O2/c1-2-18-25-20-19(21(31)26-18)27-28-30(20)17-9-6-12-29(14-17)22(32)23(10-3-4-11-23)15-7-5-8-16(24)13-15/h5,7-8,13,17H,2-4,6,9-12,14H2,1H3,(H,25,26,31). The number of hydrogen-bond donors (Lipinski definition) is 1. The minimum absolute atomic E-state index is 0.0646. The normalized spacial score (nSPS) is 20.7. The number of nitrogens with zero attached hydrogens (tertiary/aromatic N) is 5. The van der Waals surface area contributed by atoms with Gasteiger partial charge in [0.2, 0.25) is 5.91 Å². The smallest absolute Gasteiger partial charge is 0.281 e. The fourth-order valence-electron chi connectivity index (χ4n) is 5.33. The zero-order valence-electron chi connectivity index (χ0n) is 18.2. The van der Waals surface area contributed by atoms with Gasteiger partial charge in [-0.15, -0.1) is 5.10 Å². The highest BCUT2D eigenvalue weighted by molar-refractivity contribution is 5.88. The molecule has 0 bridgehead atoms. The van der Waals surface area contributed by atoms with Crippen LogP contribution >= 0.6 is 0 Å². The van der Waals surface area contributed by atoms with E-state index in [1.165, 1.54) is 12.1 Å². The Balaban J connectivity index is 1.46. The SMILES string of the molecule is CCc1nc2c(nnn2C2CCCN(C(=O)C3(c4cccc(F)c4)CCCC3)C2)c(=O)[nH]1. The summed E-state index contributed by atoms with van der Waals surface area (Å²) in [5.74, 6) is 0.343. The third kappa shape index (κ3) is 3.40. The van der Waals surface area contributed by atoms with Gasteiger partial charge in [0.25, 0.3) is 5.56 Å². The number of piperidine rings is 1. The number of aromatic amines is 1. The molecule has 1 N–H and O–H groups in total. The van der Waals surface area contributed by atoms with Gasteiger partial charge in [-0.2, -0.15) is 0 Å². The number of rotatable bonds is 4. The van der Waals surface area contributed by atoms with Crippen LogP contribution in [0.15, 0.2) is 29.1 Å². The van der Waals surface area contributed by atoms with Crippen LogP contribution in [0.4, 0.5) is 4.39 Å². The lowest BCUT2D eigenvalue weighted by Gasteiger charge is -2.39. The minimum atomic E-state index is -0.667. The third-order valence-corrected chi connectivity index (χ3v) is 6.99. The molecule has 3 aromatic rings. The fraction of sp³-hybridized carbons (Fsp3) is 0.522. The van der Waals surface area contributed by atoms with Gasteiger partial charge in [0, 0.05) is 19.5 Å². The number of benzene rings is 1. The van der Waals surface area contributed by atoms with Gasteiger partial charge in [-0.05, 0) is 43.4 Å². The van der Waals surface area contributed by atoms with Crippen molar-refractivity contribution in [3.63, 3.8) is 0 Å². The molecule has 1 aliphatic heterocycles. The topological polar surface area (TPSA) is 96.8 Å². The maximum absolute atomic E-state index is 14.0. The van der Waals surface area contributed by atoms with Crippen molar-refractivity contribution in [2.24, 2.45) is 0 Å². The van der Waals surface area contributed by atoms with E-state index >= 15 is 0 Å². The number of H-pyrrole nitrogens is 1. The molecule has 1 aromatic carbocycles. The van der Waals surface area contributed by atoms with E-state index in [9.17, 15) is 14.0 Å². The number of aromatic nitrogens is 5. The Morgan fingerprint density at radius 2 is 2.09 bits per heavy atom. The zero-order valence-corrected chi connectivity index (χ0v) is 18.2. The van der Waals surface area contributed by atoms with E-state index in [0.29, 0.717) is 31.0 Å². The van der Waals surface area contributed by atoms with Gasteiger partial charge in [0.1, 0.15) is 11.6 Å². The van der Waals surface area contributed by atoms with Crippen molar-refractivity contribution in [3.8, 4) is 0 Å². The molecular weight excluding hydrogens is 411 g/mol. The summed E-state index contributed by atoms with van der Waals surface area (Å²) in [5, 5.41) is 8.28. The molecule has 0 radical (unpaired) electrons. The molecule has 8 nitrogen and oxygen atoms in total. The van der Waals surface area contributed by atoms with E-state index in [2.05, 4.69) is 20.3 Å². The Kier molecular flexibility index (Phi) is 5.27. The van der Waals surface area contributed by atoms with Crippen molar-refractivity contribution in [1.29, 1.82) is 0 Å². The first kappa shape index (κ1) is 20.8. The predicted octanol–water partition coefficient (Wildman–Crippen LogP) is 2.89. The lowest BCUT2D eigenvalue weighted by Crippen LogP contribution is -2.49. The number of carbonyl (C=O) groups is 1. The lowest BCUT2D eigenvalue weighted by molar-refractivity contribution is -0.139. The Labute approximate surface area is 184 Å². The van der Waals surface area contributed by atoms with Gasteiger partial charge in [0.15, 0.2) is 11.2 Å². The first-order valence-electron chi connectivity index (χ1n) is 11.4. The molecule has 5 rings (SSSR count). The number of carbonyl (C=O) groups excluding carboxylic acids is 1. The Bertz CT molecular complexity index is 1210. The maximum Gasteiger partial charge on any atom is 0.281 e. The maximum atomic E-state index is 14.0. The number of halogens is 1. The molecule has 1 unspecified atom stereocenters. The van der Waals surface area contributed by atoms with E-state index in [4.69, 9.17) is 0 Å². The van der Waals surface area contributed by atoms with Crippen molar-refractivity contribution in [2.45, 2.75) is 63.3 Å². The van der Waals surface area contributed by atoms with Crippen LogP contribution < -0.4 is 5.56 Å². The van der Waals surface area contributed by atoms with Crippen molar-refractivity contribution >= 4 is 17.1 Å². The molecule has 1 aliphatic carbocycles. The van der Waals surface area contributed by atoms with Crippen molar-refractivity contribution in [2.75, 3.05) is 13.1 Å². The summed E-state index contributed by atoms with van der Waals surface area (Å²) >= 11 is 0. The second kappa shape index (κ2) is 8.11. The molecule has 1 amide bonds. The Morgan fingerprint density at radius 1 is 1.28 bits per heavy atom. The molecule has 2 fully saturated rings. The molecule has 1 saturated carbocycles. The van der Waals surface area contributed by atoms with Gasteiger partial charge in [-0.25, -0.2) is 14.1 Å². The molecule has 2 aromatic heterocycles. The average molecular weight is 439 g/mol. The predicted molar refractivity (Wildman–Crippen MR) is 117 cm³/mol. The van der Waals surface area contributed by atoms with Crippen LogP contribution in [0.1, 0.15) is 62.9 Å². The summed E-state index contributed by atoms with van der Waals surface area (Å²) in [4.78, 5) is 35.3. The van der Waals surface area contributed by atoms with Crippen molar-refractivity contribution < 1.29 is 9.18 Å². The number of hydrogen-bond acceptors (Lipinski definition) is 5. The first-order chi connectivity index (χ1) is 15.5. The number of nitrogens with one attached hydrogen (secondary N) is 1. The zero-order chi connectivity index (χ0) is 22.3. The number of aryl methyl sites for hydroxylation is 1. The number of amides is 1. The van der Waals surface area contributed by atoms with Crippen molar-refractivity contribution in [1.82, 2.24) is 29.9 Å². The Morgan fingerprint density at radius 3 is 2.84 bits per heavy atom. The first-order valence-corrected chi connectivity index (χ1v) is 11.4. The second-order valence-corrected chi connectivity index (χ2v) is 8.92. The third-order valence-electron chi connectivity index (χ3n) is 6.99. The monoisotopic (exact) mass is 438 g/mol. The van der Waals surface area contributed by atoms with Gasteiger partial charge in [-0.1, -0.05) is 37.1 Å². The van der Waals surface area contributed by atoms with E-state index in [0.717, 1.165) is 44.1 Å². The van der Waals surface area contributed by atoms with E-state index in [1.807, 2.05) is 17.9 Å². The molecule has 2 aliphatic rings. The molecule has 168 valence electrons. The summed E-state index contributed by atoms with van der Waals surface area (Å²) in [6.07, 6.45) is 5.63. The largest absolute Gasteiger partial charge is 0.340 e. The van der Waals surface area contributed by atoms with Crippen LogP contribution in [0.2, 0.25) is 0 Å². The second-order valence-electron chi connectivity index (χ2n) is 8.92. The highest BCUT2D eigenvalue weighted by Crippen LogP contribution is 2.43. The van der Waals surface area contributed by atoms with E-state index in [-0.39, 0.29) is 28.8 Å². The summed E-state index contributed by atoms with van der Waals surface area (Å²) in [7, 11) is 0. The van der Waals surface area contributed by atoms with Crippen LogP contribution in [0.5, 0.6) is 0 Å². The summed E-state index contributed by atoms with van der Waals surface area (Å²) in [6.45, 7) is 3.06. The Hall–Kier alpha value is -3.10. The van der Waals surface area contributed by atoms with Gasteiger partial charge in [-0.3, -0.25) is 9.59 Å². The lowest BCUT2D eigenvalue weighted by atomic mass is 9.77. The molecule has 9 heteroatoms. The van der Waals surface area contributed by atoms with Crippen LogP contribution in [0, 0.1) is 5.82 Å². The van der Waals surface area contributed by atoms with Gasteiger partial charge >= 0.3 is 0 Å². The van der Waals surface area contributed by atoms with Crippen LogP contribution in [-0.2, 0) is 16.6 Å². The summed E-state index contributed by atoms with van der Waals surface area (Å²) < 4.78 is 15.7. The molecule has 1 saturated heterocycles. The number of fused-ring (bicyclic) bond motifs is 1. The molecule has 32 heavy (non-hydrogen) atoms. The van der Waals surface area contributed by atoms with Crippen LogP contribution in [-0.4, -0.2) is 48.9 Å². The molecule has 0 spiro atoms. The fourth-order valence-corrected chi connectivity index (χ4v) is 5.33. The highest BCUT2D eigenvalue weighted by Gasteiger charge is 2.46. The van der Waals surface area contributed by atoms with Crippen LogP contribution in [0.3, 0.4) is 0 Å². The minimum Gasteiger partial charge on any atom is -0.340 e.